The Morgan fingerprint density at radius 2 is 2.00 bits per heavy atom. The van der Waals surface area contributed by atoms with Crippen molar-refractivity contribution in [2.45, 2.75) is 6.42 Å². The third-order valence-corrected chi connectivity index (χ3v) is 5.88. The Bertz CT molecular complexity index is 1120. The van der Waals surface area contributed by atoms with Gasteiger partial charge in [0.2, 0.25) is 12.7 Å². The number of carbonyl (C=O) groups excluding carboxylic acids is 1. The SMILES string of the molecule is O=C(Cc1ccc2c(c1)OCO2)Nc1nc(-c2nc3ccccc3s2)cs1. The number of nitrogens with one attached hydrogen (secondary N) is 1. The van der Waals surface area contributed by atoms with Crippen molar-refractivity contribution in [1.82, 2.24) is 9.97 Å². The molecule has 0 atom stereocenters. The molecule has 1 aliphatic heterocycles. The van der Waals surface area contributed by atoms with Gasteiger partial charge < -0.3 is 14.8 Å². The van der Waals surface area contributed by atoms with Gasteiger partial charge in [0.1, 0.15) is 10.7 Å². The summed E-state index contributed by atoms with van der Waals surface area (Å²) in [6, 6.07) is 13.5. The molecule has 1 amide bonds. The zero-order valence-corrected chi connectivity index (χ0v) is 15.6. The highest BCUT2D eigenvalue weighted by molar-refractivity contribution is 7.22. The topological polar surface area (TPSA) is 73.3 Å². The Balaban J connectivity index is 1.29. The van der Waals surface area contributed by atoms with Crippen molar-refractivity contribution in [3.8, 4) is 22.2 Å². The van der Waals surface area contributed by atoms with E-state index >= 15 is 0 Å². The molecule has 0 bridgehead atoms. The number of nitrogens with zero attached hydrogens (tertiary/aromatic N) is 2. The number of benzene rings is 2. The average molecular weight is 395 g/mol. The van der Waals surface area contributed by atoms with Crippen LogP contribution in [0.1, 0.15) is 5.56 Å². The lowest BCUT2D eigenvalue weighted by Gasteiger charge is -2.03. The Labute approximate surface area is 162 Å². The van der Waals surface area contributed by atoms with E-state index in [1.165, 1.54) is 11.3 Å². The number of carbonyl (C=O) groups is 1. The Hall–Kier alpha value is -2.97. The van der Waals surface area contributed by atoms with Gasteiger partial charge in [0.05, 0.1) is 16.6 Å². The largest absolute Gasteiger partial charge is 0.454 e. The van der Waals surface area contributed by atoms with Crippen LogP contribution in [0.25, 0.3) is 20.9 Å². The maximum absolute atomic E-state index is 12.3. The summed E-state index contributed by atoms with van der Waals surface area (Å²) < 4.78 is 11.8. The van der Waals surface area contributed by atoms with Gasteiger partial charge in [-0.05, 0) is 29.8 Å². The minimum absolute atomic E-state index is 0.126. The number of hydrogen-bond donors (Lipinski definition) is 1. The molecule has 1 aliphatic rings. The highest BCUT2D eigenvalue weighted by Crippen LogP contribution is 2.33. The van der Waals surface area contributed by atoms with Crippen molar-refractivity contribution in [3.63, 3.8) is 0 Å². The molecular weight excluding hydrogens is 382 g/mol. The number of amides is 1. The molecule has 0 radical (unpaired) electrons. The van der Waals surface area contributed by atoms with Crippen LogP contribution in [-0.4, -0.2) is 22.7 Å². The number of hydrogen-bond acceptors (Lipinski definition) is 7. The molecule has 0 fully saturated rings. The smallest absolute Gasteiger partial charge is 0.231 e. The number of ether oxygens (including phenoxy) is 2. The Morgan fingerprint density at radius 1 is 1.11 bits per heavy atom. The first kappa shape index (κ1) is 16.2. The molecule has 5 rings (SSSR count). The molecule has 0 unspecified atom stereocenters. The Kier molecular flexibility index (Phi) is 3.99. The minimum Gasteiger partial charge on any atom is -0.454 e. The summed E-state index contributed by atoms with van der Waals surface area (Å²) in [5.41, 5.74) is 2.60. The molecule has 8 heteroatoms. The van der Waals surface area contributed by atoms with Crippen molar-refractivity contribution in [1.29, 1.82) is 0 Å². The van der Waals surface area contributed by atoms with Gasteiger partial charge in [-0.2, -0.15) is 0 Å². The molecule has 134 valence electrons. The summed E-state index contributed by atoms with van der Waals surface area (Å²) in [5.74, 6) is 1.26. The van der Waals surface area contributed by atoms with Crippen LogP contribution in [0.15, 0.2) is 47.8 Å². The molecule has 3 heterocycles. The molecule has 4 aromatic rings. The lowest BCUT2D eigenvalue weighted by Crippen LogP contribution is -2.14. The molecule has 0 saturated heterocycles. The number of fused-ring (bicyclic) bond motifs is 2. The van der Waals surface area contributed by atoms with Crippen LogP contribution < -0.4 is 14.8 Å². The van der Waals surface area contributed by atoms with E-state index in [1.54, 1.807) is 11.3 Å². The van der Waals surface area contributed by atoms with Crippen LogP contribution in [0.4, 0.5) is 5.13 Å². The minimum atomic E-state index is -0.126. The third-order valence-electron chi connectivity index (χ3n) is 4.07. The van der Waals surface area contributed by atoms with Gasteiger partial charge in [-0.25, -0.2) is 9.97 Å². The second-order valence-corrected chi connectivity index (χ2v) is 7.83. The fourth-order valence-corrected chi connectivity index (χ4v) is 4.52. The van der Waals surface area contributed by atoms with E-state index in [0.717, 1.165) is 26.5 Å². The van der Waals surface area contributed by atoms with Crippen molar-refractivity contribution < 1.29 is 14.3 Å². The first-order valence-corrected chi connectivity index (χ1v) is 9.94. The average Bonchev–Trinajstić information content (AvgIpc) is 3.39. The van der Waals surface area contributed by atoms with Crippen molar-refractivity contribution in [3.05, 3.63) is 53.4 Å². The van der Waals surface area contributed by atoms with Gasteiger partial charge in [-0.1, -0.05) is 18.2 Å². The molecule has 0 aliphatic carbocycles. The third kappa shape index (κ3) is 3.24. The van der Waals surface area contributed by atoms with E-state index in [9.17, 15) is 4.79 Å². The zero-order chi connectivity index (χ0) is 18.2. The van der Waals surface area contributed by atoms with Crippen LogP contribution in [0.2, 0.25) is 0 Å². The van der Waals surface area contributed by atoms with Crippen LogP contribution in [-0.2, 0) is 11.2 Å². The molecule has 0 saturated carbocycles. The monoisotopic (exact) mass is 395 g/mol. The second-order valence-electron chi connectivity index (χ2n) is 5.94. The standard InChI is InChI=1S/C19H13N3O3S2/c23-17(8-11-5-6-14-15(7-11)25-10-24-14)22-19-21-13(9-26-19)18-20-12-3-1-2-4-16(12)27-18/h1-7,9H,8,10H2,(H,21,22,23). The summed E-state index contributed by atoms with van der Waals surface area (Å²) in [4.78, 5) is 21.4. The van der Waals surface area contributed by atoms with Gasteiger partial charge in [0.25, 0.3) is 0 Å². The van der Waals surface area contributed by atoms with Crippen molar-refractivity contribution in [2.24, 2.45) is 0 Å². The maximum atomic E-state index is 12.3. The van der Waals surface area contributed by atoms with E-state index in [-0.39, 0.29) is 19.1 Å². The number of rotatable bonds is 4. The fraction of sp³-hybridized carbons (Fsp3) is 0.105. The summed E-state index contributed by atoms with van der Waals surface area (Å²) in [6.07, 6.45) is 0.243. The highest BCUT2D eigenvalue weighted by Gasteiger charge is 2.16. The Morgan fingerprint density at radius 3 is 2.93 bits per heavy atom. The predicted molar refractivity (Wildman–Crippen MR) is 106 cm³/mol. The molecule has 2 aromatic heterocycles. The number of anilines is 1. The number of para-hydroxylation sites is 1. The van der Waals surface area contributed by atoms with E-state index in [4.69, 9.17) is 9.47 Å². The lowest BCUT2D eigenvalue weighted by molar-refractivity contribution is -0.115. The maximum Gasteiger partial charge on any atom is 0.231 e. The molecule has 27 heavy (non-hydrogen) atoms. The van der Waals surface area contributed by atoms with E-state index in [2.05, 4.69) is 15.3 Å². The summed E-state index contributed by atoms with van der Waals surface area (Å²) in [5, 5.41) is 6.18. The molecule has 0 spiro atoms. The zero-order valence-electron chi connectivity index (χ0n) is 14.0. The first-order chi connectivity index (χ1) is 13.2. The molecule has 6 nitrogen and oxygen atoms in total. The van der Waals surface area contributed by atoms with Gasteiger partial charge in [0, 0.05) is 5.38 Å². The fourth-order valence-electron chi connectivity index (χ4n) is 2.81. The normalized spacial score (nSPS) is 12.4. The van der Waals surface area contributed by atoms with Gasteiger partial charge in [-0.15, -0.1) is 22.7 Å². The van der Waals surface area contributed by atoms with Crippen LogP contribution in [0.5, 0.6) is 11.5 Å². The molecule has 2 aromatic carbocycles. The van der Waals surface area contributed by atoms with E-state index in [0.29, 0.717) is 16.6 Å². The van der Waals surface area contributed by atoms with Crippen molar-refractivity contribution in [2.75, 3.05) is 12.1 Å². The van der Waals surface area contributed by atoms with E-state index in [1.807, 2.05) is 47.8 Å². The summed E-state index contributed by atoms with van der Waals surface area (Å²) in [7, 11) is 0. The van der Waals surface area contributed by atoms with Gasteiger partial charge >= 0.3 is 0 Å². The predicted octanol–water partition coefficient (Wildman–Crippen LogP) is 4.33. The summed E-state index contributed by atoms with van der Waals surface area (Å²) in [6.45, 7) is 0.221. The van der Waals surface area contributed by atoms with Gasteiger partial charge in [0.15, 0.2) is 16.6 Å². The van der Waals surface area contributed by atoms with E-state index < -0.39 is 0 Å². The quantitative estimate of drug-likeness (QED) is 0.557. The second kappa shape index (κ2) is 6.64. The van der Waals surface area contributed by atoms with Crippen LogP contribution >= 0.6 is 22.7 Å². The molecule has 1 N–H and O–H groups in total. The summed E-state index contributed by atoms with van der Waals surface area (Å²) >= 11 is 2.98. The van der Waals surface area contributed by atoms with Gasteiger partial charge in [-0.3, -0.25) is 4.79 Å². The highest BCUT2D eigenvalue weighted by atomic mass is 32.1. The molecular formula is C19H13N3O3S2. The number of thiazole rings is 2. The number of aromatic nitrogens is 2. The first-order valence-electron chi connectivity index (χ1n) is 8.24. The van der Waals surface area contributed by atoms with Crippen molar-refractivity contribution >= 4 is 43.9 Å². The lowest BCUT2D eigenvalue weighted by atomic mass is 10.1. The van der Waals surface area contributed by atoms with Crippen LogP contribution in [0.3, 0.4) is 0 Å². The van der Waals surface area contributed by atoms with Crippen LogP contribution in [0, 0.1) is 0 Å².